The number of fused-ring (bicyclic) bond motifs is 1. The first kappa shape index (κ1) is 14.9. The van der Waals surface area contributed by atoms with Gasteiger partial charge in [-0.2, -0.15) is 0 Å². The summed E-state index contributed by atoms with van der Waals surface area (Å²) < 4.78 is 1.10. The zero-order valence-corrected chi connectivity index (χ0v) is 13.9. The van der Waals surface area contributed by atoms with E-state index < -0.39 is 0 Å². The van der Waals surface area contributed by atoms with Gasteiger partial charge in [-0.1, -0.05) is 28.9 Å². The maximum absolute atomic E-state index is 9.60. The summed E-state index contributed by atoms with van der Waals surface area (Å²) in [6.07, 6.45) is 4.11. The minimum atomic E-state index is 0.0352. The summed E-state index contributed by atoms with van der Waals surface area (Å²) in [5.41, 5.74) is 2.37. The van der Waals surface area contributed by atoms with E-state index in [1.807, 2.05) is 12.3 Å². The summed E-state index contributed by atoms with van der Waals surface area (Å²) in [6, 6.07) is 8.35. The lowest BCUT2D eigenvalue weighted by Gasteiger charge is -2.39. The van der Waals surface area contributed by atoms with Crippen molar-refractivity contribution in [1.82, 2.24) is 9.88 Å². The van der Waals surface area contributed by atoms with Crippen molar-refractivity contribution in [3.05, 3.63) is 40.5 Å². The van der Waals surface area contributed by atoms with Crippen molar-refractivity contribution in [2.75, 3.05) is 19.7 Å². The Bertz CT molecular complexity index is 646. The summed E-state index contributed by atoms with van der Waals surface area (Å²) in [5, 5.41) is 10.8. The molecule has 1 aromatic carbocycles. The molecular weight excluding hydrogens is 328 g/mol. The Morgan fingerprint density at radius 2 is 2.29 bits per heavy atom. The van der Waals surface area contributed by atoms with Crippen molar-refractivity contribution >= 4 is 26.8 Å². The van der Waals surface area contributed by atoms with Crippen LogP contribution in [0.2, 0.25) is 0 Å². The van der Waals surface area contributed by atoms with Crippen LogP contribution in [-0.4, -0.2) is 34.7 Å². The third-order valence-electron chi connectivity index (χ3n) is 4.38. The van der Waals surface area contributed by atoms with E-state index in [1.165, 1.54) is 10.9 Å². The second-order valence-electron chi connectivity index (χ2n) is 6.42. The summed E-state index contributed by atoms with van der Waals surface area (Å²) in [7, 11) is 0. The van der Waals surface area contributed by atoms with Crippen LogP contribution >= 0.6 is 15.9 Å². The zero-order valence-electron chi connectivity index (χ0n) is 12.3. The number of rotatable bonds is 3. The monoisotopic (exact) mass is 348 g/mol. The zero-order chi connectivity index (χ0) is 14.9. The van der Waals surface area contributed by atoms with Gasteiger partial charge in [0.2, 0.25) is 0 Å². The molecule has 1 saturated heterocycles. The predicted molar refractivity (Wildman–Crippen MR) is 89.1 cm³/mol. The van der Waals surface area contributed by atoms with Gasteiger partial charge in [0, 0.05) is 41.2 Å². The predicted octanol–water partition coefficient (Wildman–Crippen LogP) is 3.59. The standard InChI is InChI=1S/C17H21BrN2O/c1-17(12-21)5-3-7-20(11-17)10-14-9-15(18)8-13-4-2-6-19-16(13)14/h2,4,6,8-9,21H,3,5,7,10-12H2,1H3. The number of likely N-dealkylation sites (tertiary alicyclic amines) is 1. The van der Waals surface area contributed by atoms with Crippen LogP contribution in [-0.2, 0) is 6.54 Å². The number of aromatic nitrogens is 1. The molecule has 1 N–H and O–H groups in total. The van der Waals surface area contributed by atoms with Crippen molar-refractivity contribution < 1.29 is 5.11 Å². The number of aliphatic hydroxyl groups excluding tert-OH is 1. The van der Waals surface area contributed by atoms with E-state index in [2.05, 4.69) is 50.9 Å². The molecule has 2 heterocycles. The van der Waals surface area contributed by atoms with Gasteiger partial charge in [0.25, 0.3) is 0 Å². The molecular formula is C17H21BrN2O. The lowest BCUT2D eigenvalue weighted by molar-refractivity contribution is 0.0431. The first-order chi connectivity index (χ1) is 10.1. The average molecular weight is 349 g/mol. The van der Waals surface area contributed by atoms with Crippen LogP contribution in [0.4, 0.5) is 0 Å². The largest absolute Gasteiger partial charge is 0.396 e. The Hall–Kier alpha value is -0.970. The summed E-state index contributed by atoms with van der Waals surface area (Å²) in [6.45, 7) is 5.38. The van der Waals surface area contributed by atoms with Crippen molar-refractivity contribution in [1.29, 1.82) is 0 Å². The highest BCUT2D eigenvalue weighted by atomic mass is 79.9. The fourth-order valence-corrected chi connectivity index (χ4v) is 3.80. The van der Waals surface area contributed by atoms with Gasteiger partial charge in [-0.3, -0.25) is 9.88 Å². The highest BCUT2D eigenvalue weighted by Gasteiger charge is 2.30. The fourth-order valence-electron chi connectivity index (χ4n) is 3.28. The Labute approximate surface area is 134 Å². The average Bonchev–Trinajstić information content (AvgIpc) is 2.47. The molecule has 0 aliphatic carbocycles. The van der Waals surface area contributed by atoms with Crippen LogP contribution in [0.25, 0.3) is 10.9 Å². The van der Waals surface area contributed by atoms with E-state index in [-0.39, 0.29) is 12.0 Å². The Morgan fingerprint density at radius 1 is 1.43 bits per heavy atom. The second-order valence-corrected chi connectivity index (χ2v) is 7.34. The van der Waals surface area contributed by atoms with E-state index in [1.54, 1.807) is 0 Å². The van der Waals surface area contributed by atoms with Gasteiger partial charge in [-0.05, 0) is 43.1 Å². The van der Waals surface area contributed by atoms with Crippen LogP contribution in [0.1, 0.15) is 25.3 Å². The maximum Gasteiger partial charge on any atom is 0.0747 e. The summed E-state index contributed by atoms with van der Waals surface area (Å²) >= 11 is 3.60. The number of pyridine rings is 1. The number of hydrogen-bond donors (Lipinski definition) is 1. The van der Waals surface area contributed by atoms with Gasteiger partial charge in [0.1, 0.15) is 0 Å². The molecule has 112 valence electrons. The van der Waals surface area contributed by atoms with Gasteiger partial charge in [0.15, 0.2) is 0 Å². The highest BCUT2D eigenvalue weighted by molar-refractivity contribution is 9.10. The Balaban J connectivity index is 1.88. The SMILES string of the molecule is CC1(CO)CCCN(Cc2cc(Br)cc3cccnc23)C1. The minimum absolute atomic E-state index is 0.0352. The van der Waals surface area contributed by atoms with E-state index in [9.17, 15) is 5.11 Å². The topological polar surface area (TPSA) is 36.4 Å². The van der Waals surface area contributed by atoms with Crippen LogP contribution in [0.15, 0.2) is 34.9 Å². The van der Waals surface area contributed by atoms with E-state index >= 15 is 0 Å². The first-order valence-electron chi connectivity index (χ1n) is 7.46. The third-order valence-corrected chi connectivity index (χ3v) is 4.84. The first-order valence-corrected chi connectivity index (χ1v) is 8.25. The quantitative estimate of drug-likeness (QED) is 0.920. The van der Waals surface area contributed by atoms with E-state index in [4.69, 9.17) is 0 Å². The van der Waals surface area contributed by atoms with Crippen LogP contribution in [0.3, 0.4) is 0 Å². The van der Waals surface area contributed by atoms with Gasteiger partial charge < -0.3 is 5.11 Å². The molecule has 2 aromatic rings. The third kappa shape index (κ3) is 3.28. The van der Waals surface area contributed by atoms with Crippen molar-refractivity contribution in [2.24, 2.45) is 5.41 Å². The molecule has 1 aliphatic heterocycles. The number of hydrogen-bond acceptors (Lipinski definition) is 3. The van der Waals surface area contributed by atoms with Crippen LogP contribution < -0.4 is 0 Å². The Morgan fingerprint density at radius 3 is 3.10 bits per heavy atom. The van der Waals surface area contributed by atoms with Crippen molar-refractivity contribution in [3.8, 4) is 0 Å². The van der Waals surface area contributed by atoms with E-state index in [0.717, 1.165) is 42.5 Å². The minimum Gasteiger partial charge on any atom is -0.396 e. The van der Waals surface area contributed by atoms with Crippen molar-refractivity contribution in [2.45, 2.75) is 26.3 Å². The van der Waals surface area contributed by atoms with Gasteiger partial charge in [-0.25, -0.2) is 0 Å². The molecule has 1 unspecified atom stereocenters. The van der Waals surface area contributed by atoms with Crippen molar-refractivity contribution in [3.63, 3.8) is 0 Å². The number of nitrogens with zero attached hydrogens (tertiary/aromatic N) is 2. The molecule has 4 heteroatoms. The van der Waals surface area contributed by atoms with Crippen LogP contribution in [0.5, 0.6) is 0 Å². The van der Waals surface area contributed by atoms with Gasteiger partial charge >= 0.3 is 0 Å². The number of halogens is 1. The molecule has 3 nitrogen and oxygen atoms in total. The number of piperidine rings is 1. The molecule has 3 rings (SSSR count). The molecule has 1 atom stereocenters. The molecule has 21 heavy (non-hydrogen) atoms. The highest BCUT2D eigenvalue weighted by Crippen LogP contribution is 2.31. The smallest absolute Gasteiger partial charge is 0.0747 e. The molecule has 0 bridgehead atoms. The van der Waals surface area contributed by atoms with Crippen LogP contribution in [0, 0.1) is 5.41 Å². The molecule has 0 spiro atoms. The normalized spacial score (nSPS) is 23.6. The lowest BCUT2D eigenvalue weighted by Crippen LogP contribution is -2.43. The molecule has 0 amide bonds. The summed E-state index contributed by atoms with van der Waals surface area (Å²) in [4.78, 5) is 6.99. The number of benzene rings is 1. The molecule has 1 aliphatic rings. The molecule has 1 fully saturated rings. The Kier molecular flexibility index (Phi) is 4.29. The van der Waals surface area contributed by atoms with E-state index in [0.29, 0.717) is 0 Å². The maximum atomic E-state index is 9.60. The number of aliphatic hydroxyl groups is 1. The summed E-state index contributed by atoms with van der Waals surface area (Å²) in [5.74, 6) is 0. The van der Waals surface area contributed by atoms with Gasteiger partial charge in [-0.15, -0.1) is 0 Å². The molecule has 0 radical (unpaired) electrons. The second kappa shape index (κ2) is 6.03. The fraction of sp³-hybridized carbons (Fsp3) is 0.471. The molecule has 0 saturated carbocycles. The lowest BCUT2D eigenvalue weighted by atomic mass is 9.82. The molecule has 1 aromatic heterocycles. The van der Waals surface area contributed by atoms with Gasteiger partial charge in [0.05, 0.1) is 5.52 Å².